The first-order chi connectivity index (χ1) is 16.2. The van der Waals surface area contributed by atoms with Crippen LogP contribution in [-0.2, 0) is 9.59 Å². The van der Waals surface area contributed by atoms with Crippen molar-refractivity contribution in [3.63, 3.8) is 0 Å². The molecule has 0 aliphatic heterocycles. The molecule has 0 spiro atoms. The second-order valence-electron chi connectivity index (χ2n) is 14.4. The Kier molecular flexibility index (Phi) is 5.32. The van der Waals surface area contributed by atoms with Crippen LogP contribution < -0.4 is 0 Å². The van der Waals surface area contributed by atoms with Gasteiger partial charge in [-0.3, -0.25) is 9.59 Å². The van der Waals surface area contributed by atoms with Gasteiger partial charge >= 0.3 is 5.97 Å². The Morgan fingerprint density at radius 1 is 0.943 bits per heavy atom. The van der Waals surface area contributed by atoms with Crippen LogP contribution in [0.5, 0.6) is 0 Å². The summed E-state index contributed by atoms with van der Waals surface area (Å²) in [6, 6.07) is 0. The van der Waals surface area contributed by atoms with E-state index in [0.717, 1.165) is 56.9 Å². The maximum absolute atomic E-state index is 13.2. The van der Waals surface area contributed by atoms with Crippen molar-refractivity contribution < 1.29 is 19.9 Å². The Hall–Kier alpha value is -1.65. The molecule has 0 heterocycles. The highest BCUT2D eigenvalue weighted by Crippen LogP contribution is 2.77. The summed E-state index contributed by atoms with van der Waals surface area (Å²) in [6.07, 6.45) is 8.19. The van der Waals surface area contributed by atoms with Crippen LogP contribution in [0.1, 0.15) is 99.3 Å². The number of Topliss-reactive ketones (excluding diaryl/α,β-unsaturated/α-hetero) is 1. The summed E-state index contributed by atoms with van der Waals surface area (Å²) in [4.78, 5) is 26.0. The number of aliphatic carboxylic acids is 1. The molecule has 9 atom stereocenters. The van der Waals surface area contributed by atoms with Crippen LogP contribution in [0.3, 0.4) is 0 Å². The van der Waals surface area contributed by atoms with E-state index in [-0.39, 0.29) is 33.9 Å². The number of hydrogen-bond acceptors (Lipinski definition) is 4. The van der Waals surface area contributed by atoms with Gasteiger partial charge < -0.3 is 10.3 Å². The smallest absolute Gasteiger partial charge is 0.309 e. The zero-order valence-electron chi connectivity index (χ0n) is 22.6. The quantitative estimate of drug-likeness (QED) is 0.259. The third kappa shape index (κ3) is 2.84. The van der Waals surface area contributed by atoms with Crippen molar-refractivity contribution in [3.8, 4) is 0 Å². The van der Waals surface area contributed by atoms with Crippen molar-refractivity contribution in [2.45, 2.75) is 99.3 Å². The molecule has 0 aromatic carbocycles. The summed E-state index contributed by atoms with van der Waals surface area (Å²) in [5.74, 6) is 0.934. The summed E-state index contributed by atoms with van der Waals surface area (Å²) in [5, 5.41) is 23.8. The molecule has 0 aromatic heterocycles. The molecule has 5 rings (SSSR count). The normalized spacial score (nSPS) is 51.7. The summed E-state index contributed by atoms with van der Waals surface area (Å²) >= 11 is 0. The van der Waals surface area contributed by atoms with Crippen LogP contribution in [0.25, 0.3) is 0 Å². The number of hydrogen-bond donors (Lipinski definition) is 2. The fourth-order valence-corrected chi connectivity index (χ4v) is 11.4. The molecule has 5 nitrogen and oxygen atoms in total. The van der Waals surface area contributed by atoms with Gasteiger partial charge in [0, 0.05) is 11.8 Å². The zero-order chi connectivity index (χ0) is 25.8. The molecule has 5 fully saturated rings. The first-order valence-corrected chi connectivity index (χ1v) is 13.9. The minimum absolute atomic E-state index is 0.00476. The van der Waals surface area contributed by atoms with E-state index in [1.165, 1.54) is 0 Å². The number of fused-ring (bicyclic) bond motifs is 7. The van der Waals surface area contributed by atoms with Crippen molar-refractivity contribution in [2.24, 2.45) is 61.8 Å². The van der Waals surface area contributed by atoms with Gasteiger partial charge in [0.1, 0.15) is 5.71 Å². The molecule has 5 aliphatic carbocycles. The number of ketones is 1. The number of carbonyl (C=O) groups is 2. The van der Waals surface area contributed by atoms with Crippen LogP contribution in [0.2, 0.25) is 0 Å². The minimum Gasteiger partial charge on any atom is -0.481 e. The van der Waals surface area contributed by atoms with Gasteiger partial charge in [-0.05, 0) is 104 Å². The lowest BCUT2D eigenvalue weighted by Gasteiger charge is -2.72. The zero-order valence-corrected chi connectivity index (χ0v) is 22.6. The number of rotatable bonds is 2. The van der Waals surface area contributed by atoms with Crippen LogP contribution in [0, 0.1) is 56.7 Å². The van der Waals surface area contributed by atoms with Gasteiger partial charge in [-0.25, -0.2) is 0 Å². The lowest BCUT2D eigenvalue weighted by Crippen LogP contribution is -2.67. The van der Waals surface area contributed by atoms with E-state index in [0.29, 0.717) is 29.9 Å². The van der Waals surface area contributed by atoms with E-state index in [1.54, 1.807) is 0 Å². The number of carbonyl (C=O) groups excluding carboxylic acids is 1. The molecule has 35 heavy (non-hydrogen) atoms. The lowest BCUT2D eigenvalue weighted by molar-refractivity contribution is -0.229. The van der Waals surface area contributed by atoms with Gasteiger partial charge in [0.2, 0.25) is 0 Å². The second-order valence-corrected chi connectivity index (χ2v) is 14.4. The monoisotopic (exact) mass is 483 g/mol. The Morgan fingerprint density at radius 3 is 2.23 bits per heavy atom. The molecule has 194 valence electrons. The molecule has 2 N–H and O–H groups in total. The van der Waals surface area contributed by atoms with Crippen LogP contribution in [-0.4, -0.2) is 27.8 Å². The summed E-state index contributed by atoms with van der Waals surface area (Å²) in [6.45, 7) is 17.9. The van der Waals surface area contributed by atoms with E-state index >= 15 is 0 Å². The molecular weight excluding hydrogens is 438 g/mol. The molecule has 5 heteroatoms. The van der Waals surface area contributed by atoms with Gasteiger partial charge in [-0.1, -0.05) is 51.9 Å². The number of nitrogens with zero attached hydrogens (tertiary/aromatic N) is 1. The van der Waals surface area contributed by atoms with Gasteiger partial charge in [0.15, 0.2) is 5.78 Å². The third-order valence-electron chi connectivity index (χ3n) is 13.1. The second kappa shape index (κ2) is 7.44. The van der Waals surface area contributed by atoms with Crippen LogP contribution >= 0.6 is 0 Å². The van der Waals surface area contributed by atoms with E-state index in [2.05, 4.69) is 53.3 Å². The Morgan fingerprint density at radius 2 is 1.63 bits per heavy atom. The lowest BCUT2D eigenvalue weighted by atomic mass is 9.32. The maximum atomic E-state index is 13.2. The molecule has 0 amide bonds. The van der Waals surface area contributed by atoms with Crippen molar-refractivity contribution in [1.29, 1.82) is 0 Å². The molecule has 0 saturated heterocycles. The fourth-order valence-electron chi connectivity index (χ4n) is 11.4. The molecule has 0 aromatic rings. The van der Waals surface area contributed by atoms with Crippen molar-refractivity contribution >= 4 is 17.5 Å². The SMILES string of the molecule is C=C(C)[C@@H]1CC[C@]2(C(=O)O)CC[C@]3(C)[C@H](CC[C@@H]4[C@@]5(C)C/C(=N\O)C(=O)C(C)(C)[C@@H]5CC[C@]43C)[C@@H]12. The van der Waals surface area contributed by atoms with Gasteiger partial charge in [-0.15, -0.1) is 0 Å². The predicted molar refractivity (Wildman–Crippen MR) is 136 cm³/mol. The Balaban J connectivity index is 1.59. The number of allylic oxidation sites excluding steroid dienone is 1. The molecule has 5 aliphatic rings. The van der Waals surface area contributed by atoms with E-state index in [9.17, 15) is 19.9 Å². The van der Waals surface area contributed by atoms with Gasteiger partial charge in [0.05, 0.1) is 5.41 Å². The fraction of sp³-hybridized carbons (Fsp3) is 0.833. The summed E-state index contributed by atoms with van der Waals surface area (Å²) in [7, 11) is 0. The van der Waals surface area contributed by atoms with Crippen molar-refractivity contribution in [3.05, 3.63) is 12.2 Å². The summed E-state index contributed by atoms with van der Waals surface area (Å²) < 4.78 is 0. The largest absolute Gasteiger partial charge is 0.481 e. The number of oxime groups is 1. The molecule has 0 radical (unpaired) electrons. The number of carboxylic acids is 1. The van der Waals surface area contributed by atoms with E-state index in [4.69, 9.17) is 0 Å². The van der Waals surface area contributed by atoms with Crippen molar-refractivity contribution in [2.75, 3.05) is 0 Å². The van der Waals surface area contributed by atoms with E-state index < -0.39 is 16.8 Å². The first kappa shape index (κ1) is 25.0. The maximum Gasteiger partial charge on any atom is 0.309 e. The topological polar surface area (TPSA) is 87.0 Å². The van der Waals surface area contributed by atoms with Gasteiger partial charge in [0.25, 0.3) is 0 Å². The Bertz CT molecular complexity index is 1010. The van der Waals surface area contributed by atoms with Gasteiger partial charge in [-0.2, -0.15) is 0 Å². The number of carboxylic acid groups (broad SMARTS) is 1. The molecule has 0 unspecified atom stereocenters. The predicted octanol–water partition coefficient (Wildman–Crippen LogP) is 6.74. The molecule has 0 bridgehead atoms. The standard InChI is InChI=1S/C30H45NO4/c1-17(2)18-10-13-30(25(33)34)15-14-28(6)19(23(18)30)8-9-22-27(5)16-20(31-35)24(32)26(3,4)21(27)11-12-29(22,28)7/h18-19,21-23,35H,1,8-16H2,2-7H3,(H,33,34)/b31-20+/t18-,19+,21-,22+,23+,27-,28+,29+,30-/m0/s1. The highest BCUT2D eigenvalue weighted by molar-refractivity contribution is 6.42. The average Bonchev–Trinajstić information content (AvgIpc) is 3.18. The average molecular weight is 484 g/mol. The van der Waals surface area contributed by atoms with Crippen LogP contribution in [0.4, 0.5) is 0 Å². The van der Waals surface area contributed by atoms with E-state index in [1.807, 2.05) is 0 Å². The van der Waals surface area contributed by atoms with Crippen LogP contribution in [0.15, 0.2) is 17.3 Å². The van der Waals surface area contributed by atoms with Crippen molar-refractivity contribution in [1.82, 2.24) is 0 Å². The highest BCUT2D eigenvalue weighted by Gasteiger charge is 2.72. The minimum atomic E-state index is -0.603. The first-order valence-electron chi connectivity index (χ1n) is 13.9. The molecule has 5 saturated carbocycles. The third-order valence-corrected chi connectivity index (χ3v) is 13.1. The Labute approximate surface area is 210 Å². The molecular formula is C30H45NO4. The highest BCUT2D eigenvalue weighted by atomic mass is 16.4. The summed E-state index contributed by atoms with van der Waals surface area (Å²) in [5.41, 5.74) is 0.366.